The van der Waals surface area contributed by atoms with Crippen molar-refractivity contribution < 1.29 is 13.2 Å². The highest BCUT2D eigenvalue weighted by molar-refractivity contribution is 7.92. The van der Waals surface area contributed by atoms with Gasteiger partial charge in [0.15, 0.2) is 0 Å². The number of para-hydroxylation sites is 1. The standard InChI is InChI=1S/C13H20N2O3S/c1-10-7-6-8-11(2)13(10)15(19(5,17)18)9-12(16)14(3)4/h6-8H,9H2,1-5H3. The van der Waals surface area contributed by atoms with Crippen molar-refractivity contribution in [3.8, 4) is 0 Å². The van der Waals surface area contributed by atoms with Gasteiger partial charge in [-0.05, 0) is 25.0 Å². The zero-order valence-electron chi connectivity index (χ0n) is 12.0. The number of sulfonamides is 1. The van der Waals surface area contributed by atoms with Crippen LogP contribution in [0.15, 0.2) is 18.2 Å². The van der Waals surface area contributed by atoms with Crippen LogP contribution in [0.5, 0.6) is 0 Å². The Morgan fingerprint density at radius 1 is 1.16 bits per heavy atom. The monoisotopic (exact) mass is 284 g/mol. The normalized spacial score (nSPS) is 11.2. The number of anilines is 1. The van der Waals surface area contributed by atoms with Gasteiger partial charge >= 0.3 is 0 Å². The number of nitrogens with zero attached hydrogens (tertiary/aromatic N) is 2. The first-order chi connectivity index (χ1) is 8.64. The van der Waals surface area contributed by atoms with Gasteiger partial charge in [0, 0.05) is 14.1 Å². The highest BCUT2D eigenvalue weighted by atomic mass is 32.2. The zero-order chi connectivity index (χ0) is 14.8. The number of likely N-dealkylation sites (N-methyl/N-ethyl adjacent to an activating group) is 1. The van der Waals surface area contributed by atoms with Crippen molar-refractivity contribution in [2.45, 2.75) is 13.8 Å². The molecule has 0 aromatic heterocycles. The Kier molecular flexibility index (Phi) is 4.57. The fourth-order valence-corrected chi connectivity index (χ4v) is 2.79. The van der Waals surface area contributed by atoms with E-state index in [1.807, 2.05) is 32.0 Å². The Morgan fingerprint density at radius 2 is 1.63 bits per heavy atom. The van der Waals surface area contributed by atoms with E-state index < -0.39 is 10.0 Å². The number of aryl methyl sites for hydroxylation is 2. The number of amides is 1. The lowest BCUT2D eigenvalue weighted by atomic mass is 10.1. The smallest absolute Gasteiger partial charge is 0.242 e. The molecule has 0 aliphatic heterocycles. The first kappa shape index (κ1) is 15.5. The van der Waals surface area contributed by atoms with Crippen molar-refractivity contribution in [3.05, 3.63) is 29.3 Å². The minimum Gasteiger partial charge on any atom is -0.347 e. The van der Waals surface area contributed by atoms with E-state index in [1.54, 1.807) is 14.1 Å². The number of benzene rings is 1. The Morgan fingerprint density at radius 3 is 2.00 bits per heavy atom. The second-order valence-corrected chi connectivity index (χ2v) is 6.71. The number of carbonyl (C=O) groups excluding carboxylic acids is 1. The summed E-state index contributed by atoms with van der Waals surface area (Å²) in [7, 11) is -0.296. The van der Waals surface area contributed by atoms with Crippen molar-refractivity contribution in [2.75, 3.05) is 31.2 Å². The average Bonchev–Trinajstić information content (AvgIpc) is 2.25. The average molecular weight is 284 g/mol. The van der Waals surface area contributed by atoms with Gasteiger partial charge in [0.2, 0.25) is 15.9 Å². The Balaban J connectivity index is 3.30. The van der Waals surface area contributed by atoms with Crippen LogP contribution < -0.4 is 4.31 Å². The molecule has 0 aliphatic carbocycles. The molecule has 0 saturated carbocycles. The fraction of sp³-hybridized carbons (Fsp3) is 0.462. The van der Waals surface area contributed by atoms with Crippen molar-refractivity contribution in [1.82, 2.24) is 4.90 Å². The predicted molar refractivity (Wildman–Crippen MR) is 76.8 cm³/mol. The minimum atomic E-state index is -3.51. The molecule has 106 valence electrons. The molecule has 0 unspecified atom stereocenters. The molecule has 5 nitrogen and oxygen atoms in total. The lowest BCUT2D eigenvalue weighted by Crippen LogP contribution is -2.40. The van der Waals surface area contributed by atoms with Gasteiger partial charge in [0.1, 0.15) is 6.54 Å². The predicted octanol–water partition coefficient (Wildman–Crippen LogP) is 1.16. The molecule has 0 spiro atoms. The second-order valence-electron chi connectivity index (χ2n) is 4.80. The third-order valence-corrected chi connectivity index (χ3v) is 3.98. The Bertz CT molecular complexity index is 559. The Hall–Kier alpha value is -1.56. The van der Waals surface area contributed by atoms with E-state index in [4.69, 9.17) is 0 Å². The molecule has 1 rings (SSSR count). The molecule has 0 aliphatic rings. The molecular formula is C13H20N2O3S. The van der Waals surface area contributed by atoms with E-state index in [9.17, 15) is 13.2 Å². The summed E-state index contributed by atoms with van der Waals surface area (Å²) in [6.07, 6.45) is 1.11. The third-order valence-electron chi connectivity index (χ3n) is 2.87. The van der Waals surface area contributed by atoms with Crippen molar-refractivity contribution in [1.29, 1.82) is 0 Å². The molecule has 0 saturated heterocycles. The molecule has 19 heavy (non-hydrogen) atoms. The topological polar surface area (TPSA) is 57.7 Å². The van der Waals surface area contributed by atoms with Gasteiger partial charge in [-0.2, -0.15) is 0 Å². The van der Waals surface area contributed by atoms with Crippen molar-refractivity contribution >= 4 is 21.6 Å². The molecule has 0 N–H and O–H groups in total. The highest BCUT2D eigenvalue weighted by Crippen LogP contribution is 2.26. The lowest BCUT2D eigenvalue weighted by Gasteiger charge is -2.26. The highest BCUT2D eigenvalue weighted by Gasteiger charge is 2.24. The van der Waals surface area contributed by atoms with Crippen LogP contribution in [0.2, 0.25) is 0 Å². The summed E-state index contributed by atoms with van der Waals surface area (Å²) >= 11 is 0. The van der Waals surface area contributed by atoms with Crippen LogP contribution in [-0.2, 0) is 14.8 Å². The van der Waals surface area contributed by atoms with Crippen LogP contribution >= 0.6 is 0 Å². The van der Waals surface area contributed by atoms with Gasteiger partial charge in [0.25, 0.3) is 0 Å². The second kappa shape index (κ2) is 5.61. The van der Waals surface area contributed by atoms with E-state index in [0.717, 1.165) is 17.4 Å². The van der Waals surface area contributed by atoms with Crippen LogP contribution in [0.25, 0.3) is 0 Å². The van der Waals surface area contributed by atoms with Crippen LogP contribution in [-0.4, -0.2) is 46.1 Å². The summed E-state index contributed by atoms with van der Waals surface area (Å²) in [5.41, 5.74) is 2.24. The molecule has 1 amide bonds. The summed E-state index contributed by atoms with van der Waals surface area (Å²) in [5, 5.41) is 0. The summed E-state index contributed by atoms with van der Waals surface area (Å²) in [5.74, 6) is -0.256. The quantitative estimate of drug-likeness (QED) is 0.833. The molecular weight excluding hydrogens is 264 g/mol. The molecule has 0 bridgehead atoms. The first-order valence-corrected chi connectivity index (χ1v) is 7.73. The van der Waals surface area contributed by atoms with Gasteiger partial charge in [-0.25, -0.2) is 8.42 Å². The van der Waals surface area contributed by atoms with Gasteiger partial charge in [-0.15, -0.1) is 0 Å². The van der Waals surface area contributed by atoms with Crippen molar-refractivity contribution in [2.24, 2.45) is 0 Å². The largest absolute Gasteiger partial charge is 0.347 e. The molecule has 1 aromatic carbocycles. The third kappa shape index (κ3) is 3.70. The molecule has 1 aromatic rings. The van der Waals surface area contributed by atoms with Crippen LogP contribution in [0.3, 0.4) is 0 Å². The van der Waals surface area contributed by atoms with Crippen LogP contribution in [0.1, 0.15) is 11.1 Å². The fourth-order valence-electron chi connectivity index (χ4n) is 1.83. The maximum atomic E-state index is 11.9. The van der Waals surface area contributed by atoms with Gasteiger partial charge in [-0.3, -0.25) is 9.10 Å². The van der Waals surface area contributed by atoms with E-state index in [1.165, 1.54) is 9.21 Å². The van der Waals surface area contributed by atoms with Gasteiger partial charge < -0.3 is 4.90 Å². The number of hydrogen-bond donors (Lipinski definition) is 0. The molecule has 6 heteroatoms. The maximum Gasteiger partial charge on any atom is 0.242 e. The van der Waals surface area contributed by atoms with Crippen LogP contribution in [0, 0.1) is 13.8 Å². The Labute approximate surface area is 114 Å². The molecule has 0 fully saturated rings. The maximum absolute atomic E-state index is 11.9. The van der Waals surface area contributed by atoms with Gasteiger partial charge in [-0.1, -0.05) is 18.2 Å². The lowest BCUT2D eigenvalue weighted by molar-refractivity contribution is -0.127. The number of carbonyl (C=O) groups is 1. The van der Waals surface area contributed by atoms with E-state index in [0.29, 0.717) is 5.69 Å². The molecule has 0 heterocycles. The van der Waals surface area contributed by atoms with E-state index in [-0.39, 0.29) is 12.5 Å². The number of rotatable bonds is 4. The zero-order valence-corrected chi connectivity index (χ0v) is 12.8. The summed E-state index contributed by atoms with van der Waals surface area (Å²) < 4.78 is 25.1. The van der Waals surface area contributed by atoms with Crippen LogP contribution in [0.4, 0.5) is 5.69 Å². The number of hydrogen-bond acceptors (Lipinski definition) is 3. The molecule has 0 radical (unpaired) electrons. The van der Waals surface area contributed by atoms with Crippen molar-refractivity contribution in [3.63, 3.8) is 0 Å². The summed E-state index contributed by atoms with van der Waals surface area (Å²) in [4.78, 5) is 13.2. The van der Waals surface area contributed by atoms with Gasteiger partial charge in [0.05, 0.1) is 11.9 Å². The molecule has 0 atom stereocenters. The first-order valence-electron chi connectivity index (χ1n) is 5.88. The SMILES string of the molecule is Cc1cccc(C)c1N(CC(=O)N(C)C)S(C)(=O)=O. The minimum absolute atomic E-state index is 0.183. The van der Waals surface area contributed by atoms with E-state index >= 15 is 0 Å². The summed E-state index contributed by atoms with van der Waals surface area (Å²) in [6, 6.07) is 5.53. The summed E-state index contributed by atoms with van der Waals surface area (Å²) in [6.45, 7) is 3.48. The van der Waals surface area contributed by atoms with E-state index in [2.05, 4.69) is 0 Å².